The quantitative estimate of drug-likeness (QED) is 0.367. The lowest BCUT2D eigenvalue weighted by molar-refractivity contribution is 0.0373. The molecule has 4 rings (SSSR count). The summed E-state index contributed by atoms with van der Waals surface area (Å²) in [6, 6.07) is 8.84. The van der Waals surface area contributed by atoms with Crippen LogP contribution in [-0.4, -0.2) is 83.7 Å². The number of sulfonamides is 1. The fourth-order valence-electron chi connectivity index (χ4n) is 4.37. The van der Waals surface area contributed by atoms with E-state index in [1.165, 1.54) is 69.4 Å². The number of aryl methyl sites for hydroxylation is 1. The number of ether oxygens (including phenoxy) is 1. The normalized spacial score (nSPS) is 18.0. The first-order chi connectivity index (χ1) is 19.4. The van der Waals surface area contributed by atoms with Gasteiger partial charge in [-0.25, -0.2) is 14.2 Å². The van der Waals surface area contributed by atoms with Crippen molar-refractivity contribution >= 4 is 33.3 Å². The molecular weight excluding hydrogens is 555 g/mol. The van der Waals surface area contributed by atoms with E-state index in [-0.39, 0.29) is 47.6 Å². The van der Waals surface area contributed by atoms with Crippen molar-refractivity contribution in [3.8, 4) is 5.75 Å². The topological polar surface area (TPSA) is 146 Å². The van der Waals surface area contributed by atoms with Crippen LogP contribution in [0.2, 0.25) is 0 Å². The molecule has 0 spiro atoms. The molecule has 0 saturated carbocycles. The Morgan fingerprint density at radius 1 is 1.27 bits per heavy atom. The second-order valence-corrected chi connectivity index (χ2v) is 11.7. The lowest BCUT2D eigenvalue weighted by atomic mass is 9.99. The molecule has 3 N–H and O–H groups in total. The van der Waals surface area contributed by atoms with Gasteiger partial charge in [-0.3, -0.25) is 9.52 Å². The number of aliphatic hydroxyl groups excluding tert-OH is 1. The predicted molar refractivity (Wildman–Crippen MR) is 150 cm³/mol. The Morgan fingerprint density at radius 2 is 1.98 bits per heavy atom. The fraction of sp³-hybridized carbons (Fsp3) is 0.370. The predicted octanol–water partition coefficient (Wildman–Crippen LogP) is 2.74. The maximum absolute atomic E-state index is 13.6. The number of likely N-dealkylation sites (N-methyl/N-ethyl adjacent to an activating group) is 1. The maximum atomic E-state index is 13.6. The molecule has 12 nitrogen and oxygen atoms in total. The van der Waals surface area contributed by atoms with Crippen molar-refractivity contribution in [2.75, 3.05) is 36.8 Å². The number of carbonyl (C=O) groups is 2. The number of nitrogens with one attached hydrogen (secondary N) is 2. The van der Waals surface area contributed by atoms with Crippen LogP contribution < -0.4 is 14.8 Å². The van der Waals surface area contributed by atoms with Crippen LogP contribution in [-0.2, 0) is 17.1 Å². The molecule has 0 fully saturated rings. The smallest absolute Gasteiger partial charge is 0.321 e. The number of aromatic nitrogens is 2. The number of rotatable bonds is 8. The summed E-state index contributed by atoms with van der Waals surface area (Å²) in [6.45, 7) is 3.53. The zero-order valence-electron chi connectivity index (χ0n) is 23.1. The van der Waals surface area contributed by atoms with E-state index in [9.17, 15) is 27.5 Å². The molecule has 41 heavy (non-hydrogen) atoms. The second kappa shape index (κ2) is 12.1. The largest absolute Gasteiger partial charge is 0.485 e. The van der Waals surface area contributed by atoms with E-state index >= 15 is 0 Å². The summed E-state index contributed by atoms with van der Waals surface area (Å²) in [4.78, 5) is 33.4. The molecule has 1 aromatic heterocycles. The fourth-order valence-corrected chi connectivity index (χ4v) is 5.42. The summed E-state index contributed by atoms with van der Waals surface area (Å²) < 4.78 is 49.8. The first-order valence-electron chi connectivity index (χ1n) is 12.9. The van der Waals surface area contributed by atoms with Gasteiger partial charge < -0.3 is 29.5 Å². The van der Waals surface area contributed by atoms with Crippen molar-refractivity contribution in [2.45, 2.75) is 31.0 Å². The van der Waals surface area contributed by atoms with Gasteiger partial charge in [-0.15, -0.1) is 0 Å². The summed E-state index contributed by atoms with van der Waals surface area (Å²) >= 11 is 0. The lowest BCUT2D eigenvalue weighted by Gasteiger charge is -2.38. The number of aliphatic hydroxyl groups is 1. The van der Waals surface area contributed by atoms with Gasteiger partial charge in [-0.2, -0.15) is 8.42 Å². The van der Waals surface area contributed by atoms with Gasteiger partial charge in [0, 0.05) is 38.4 Å². The molecule has 3 amide bonds. The zero-order chi connectivity index (χ0) is 29.9. The maximum Gasteiger partial charge on any atom is 0.321 e. The molecular formula is C27H33FN6O6S. The van der Waals surface area contributed by atoms with Crippen LogP contribution in [0.4, 0.5) is 20.6 Å². The van der Waals surface area contributed by atoms with Gasteiger partial charge in [0.25, 0.3) is 15.9 Å². The Hall–Kier alpha value is -4.17. The molecule has 0 radical (unpaired) electrons. The summed E-state index contributed by atoms with van der Waals surface area (Å²) in [5, 5.41) is 12.3. The third kappa shape index (κ3) is 6.77. The molecule has 3 atom stereocenters. The number of benzene rings is 2. The van der Waals surface area contributed by atoms with Crippen LogP contribution in [0.5, 0.6) is 5.75 Å². The number of para-hydroxylation sites is 1. The lowest BCUT2D eigenvalue weighted by Crippen LogP contribution is -2.50. The van der Waals surface area contributed by atoms with Crippen LogP contribution in [0.1, 0.15) is 24.2 Å². The molecule has 220 valence electrons. The minimum atomic E-state index is -4.13. The Balaban J connectivity index is 1.68. The molecule has 14 heteroatoms. The van der Waals surface area contributed by atoms with E-state index in [1.54, 1.807) is 21.0 Å². The molecule has 0 bridgehead atoms. The molecule has 3 aromatic rings. The Morgan fingerprint density at radius 3 is 2.61 bits per heavy atom. The number of hydrogen-bond acceptors (Lipinski definition) is 7. The SMILES string of the molecule is C[C@@H]1CN([C@@H](C)CO)C(=O)c2cccc(NS(=O)(=O)c3cn(C)cn3)c2O[C@@H]1CN(C)C(=O)Nc1ccc(F)cc1. The summed E-state index contributed by atoms with van der Waals surface area (Å²) in [6.07, 6.45) is 1.99. The van der Waals surface area contributed by atoms with Crippen molar-refractivity contribution in [1.29, 1.82) is 0 Å². The third-order valence-corrected chi connectivity index (χ3v) is 8.04. The highest BCUT2D eigenvalue weighted by atomic mass is 32.2. The van der Waals surface area contributed by atoms with Gasteiger partial charge in [0.05, 0.1) is 36.8 Å². The van der Waals surface area contributed by atoms with E-state index in [2.05, 4.69) is 15.0 Å². The number of nitrogens with zero attached hydrogens (tertiary/aromatic N) is 4. The molecule has 0 saturated heterocycles. The second-order valence-electron chi connectivity index (χ2n) is 10.1. The summed E-state index contributed by atoms with van der Waals surface area (Å²) in [5.74, 6) is -1.22. The highest BCUT2D eigenvalue weighted by Crippen LogP contribution is 2.36. The van der Waals surface area contributed by atoms with E-state index in [0.717, 1.165) is 0 Å². The number of anilines is 2. The molecule has 2 aromatic carbocycles. The number of imidazole rings is 1. The van der Waals surface area contributed by atoms with Crippen LogP contribution in [0.15, 0.2) is 60.0 Å². The average molecular weight is 589 g/mol. The van der Waals surface area contributed by atoms with E-state index in [0.29, 0.717) is 5.69 Å². The van der Waals surface area contributed by atoms with Crippen molar-refractivity contribution in [3.05, 3.63) is 66.4 Å². The number of carbonyl (C=O) groups excluding carboxylic acids is 2. The van der Waals surface area contributed by atoms with Crippen molar-refractivity contribution in [2.24, 2.45) is 13.0 Å². The number of urea groups is 1. The number of fused-ring (bicyclic) bond motifs is 1. The van der Waals surface area contributed by atoms with Crippen LogP contribution >= 0.6 is 0 Å². The van der Waals surface area contributed by atoms with Gasteiger partial charge in [0.15, 0.2) is 10.8 Å². The Bertz CT molecular complexity index is 1510. The van der Waals surface area contributed by atoms with E-state index < -0.39 is 39.9 Å². The minimum Gasteiger partial charge on any atom is -0.485 e. The Kier molecular flexibility index (Phi) is 8.83. The number of halogens is 1. The Labute approximate surface area is 237 Å². The van der Waals surface area contributed by atoms with E-state index in [1.807, 2.05) is 6.92 Å². The average Bonchev–Trinajstić information content (AvgIpc) is 3.39. The van der Waals surface area contributed by atoms with Crippen LogP contribution in [0.25, 0.3) is 0 Å². The van der Waals surface area contributed by atoms with Gasteiger partial charge in [-0.1, -0.05) is 13.0 Å². The van der Waals surface area contributed by atoms with Gasteiger partial charge >= 0.3 is 6.03 Å². The first kappa shape index (κ1) is 29.8. The highest BCUT2D eigenvalue weighted by Gasteiger charge is 2.35. The molecule has 0 unspecified atom stereocenters. The minimum absolute atomic E-state index is 0.00367. The van der Waals surface area contributed by atoms with Crippen molar-refractivity contribution in [3.63, 3.8) is 0 Å². The van der Waals surface area contributed by atoms with Crippen molar-refractivity contribution in [1.82, 2.24) is 19.4 Å². The van der Waals surface area contributed by atoms with E-state index in [4.69, 9.17) is 4.74 Å². The number of amides is 3. The number of hydrogen-bond donors (Lipinski definition) is 3. The highest BCUT2D eigenvalue weighted by molar-refractivity contribution is 7.92. The third-order valence-electron chi connectivity index (χ3n) is 6.79. The van der Waals surface area contributed by atoms with Gasteiger partial charge in [0.2, 0.25) is 0 Å². The first-order valence-corrected chi connectivity index (χ1v) is 14.4. The summed E-state index contributed by atoms with van der Waals surface area (Å²) in [5.41, 5.74) is 0.525. The zero-order valence-corrected chi connectivity index (χ0v) is 23.9. The van der Waals surface area contributed by atoms with Crippen LogP contribution in [0, 0.1) is 11.7 Å². The van der Waals surface area contributed by atoms with Gasteiger partial charge in [0.1, 0.15) is 11.9 Å². The monoisotopic (exact) mass is 588 g/mol. The molecule has 1 aliphatic rings. The van der Waals surface area contributed by atoms with Crippen LogP contribution in [0.3, 0.4) is 0 Å². The van der Waals surface area contributed by atoms with Crippen molar-refractivity contribution < 1.29 is 32.2 Å². The molecule has 0 aliphatic carbocycles. The summed E-state index contributed by atoms with van der Waals surface area (Å²) in [7, 11) is -0.937. The molecule has 1 aliphatic heterocycles. The van der Waals surface area contributed by atoms with Gasteiger partial charge in [-0.05, 0) is 43.3 Å². The molecule has 2 heterocycles. The standard InChI is InChI=1S/C27H33FN6O6S/c1-17-12-34(18(2)15-35)26(36)21-6-5-7-22(31-41(38,39)24-14-32(3)16-29-24)25(21)40-23(17)13-33(4)27(37)30-20-10-8-19(28)9-11-20/h5-11,14,16-18,23,31,35H,12-13,15H2,1-4H3,(H,30,37)/t17-,18+,23-/m1/s1.